The van der Waals surface area contributed by atoms with Crippen molar-refractivity contribution in [3.05, 3.63) is 89.7 Å². The zero-order valence-corrected chi connectivity index (χ0v) is 17.7. The number of benzene rings is 2. The van der Waals surface area contributed by atoms with Gasteiger partial charge >= 0.3 is 0 Å². The van der Waals surface area contributed by atoms with Crippen LogP contribution in [0.15, 0.2) is 73.1 Å². The Labute approximate surface area is 178 Å². The topological polar surface area (TPSA) is 60.5 Å². The molecule has 2 aromatic carbocycles. The first-order valence-corrected chi connectivity index (χ1v) is 10.1. The number of hydrogen-bond acceptors (Lipinski definition) is 4. The second kappa shape index (κ2) is 9.92. The van der Waals surface area contributed by atoms with Crippen molar-refractivity contribution in [2.75, 3.05) is 13.2 Å². The van der Waals surface area contributed by atoms with Gasteiger partial charge in [0, 0.05) is 29.9 Å². The molecule has 5 heteroatoms. The first-order chi connectivity index (χ1) is 14.5. The number of pyridine rings is 1. The quantitative estimate of drug-likeness (QED) is 0.558. The van der Waals surface area contributed by atoms with E-state index in [9.17, 15) is 4.79 Å². The molecule has 156 valence electrons. The summed E-state index contributed by atoms with van der Waals surface area (Å²) in [6.45, 7) is 7.55. The van der Waals surface area contributed by atoms with Crippen LogP contribution in [0.1, 0.15) is 42.3 Å². The first kappa shape index (κ1) is 21.4. The maximum absolute atomic E-state index is 12.8. The Balaban J connectivity index is 1.67. The molecule has 0 unspecified atom stereocenters. The summed E-state index contributed by atoms with van der Waals surface area (Å²) in [5.41, 5.74) is 2.56. The monoisotopic (exact) mass is 404 g/mol. The lowest BCUT2D eigenvalue weighted by Gasteiger charge is -2.25. The fraction of sp³-hybridized carbons (Fsp3) is 0.280. The maximum atomic E-state index is 12.8. The molecule has 30 heavy (non-hydrogen) atoms. The van der Waals surface area contributed by atoms with Gasteiger partial charge < -0.3 is 14.8 Å². The lowest BCUT2D eigenvalue weighted by Crippen LogP contribution is -2.36. The van der Waals surface area contributed by atoms with Crippen molar-refractivity contribution in [1.29, 1.82) is 0 Å². The molecule has 3 aromatic rings. The SMILES string of the molecule is CCOc1cc(C(=O)NCC(C)(C)c2ccccc2)ccc1OCc1ccncc1. The van der Waals surface area contributed by atoms with E-state index in [2.05, 4.69) is 36.3 Å². The van der Waals surface area contributed by atoms with Gasteiger partial charge in [0.15, 0.2) is 11.5 Å². The van der Waals surface area contributed by atoms with Crippen molar-refractivity contribution in [2.24, 2.45) is 0 Å². The van der Waals surface area contributed by atoms with Crippen molar-refractivity contribution >= 4 is 5.91 Å². The number of aromatic nitrogens is 1. The molecule has 0 saturated carbocycles. The van der Waals surface area contributed by atoms with E-state index < -0.39 is 0 Å². The number of nitrogens with zero attached hydrogens (tertiary/aromatic N) is 1. The van der Waals surface area contributed by atoms with Gasteiger partial charge in [0.2, 0.25) is 0 Å². The number of ether oxygens (including phenoxy) is 2. The standard InChI is InChI=1S/C25H28N2O3/c1-4-29-23-16-20(10-11-22(23)30-17-19-12-14-26-15-13-19)24(28)27-18-25(2,3)21-8-6-5-7-9-21/h5-16H,4,17-18H2,1-3H3,(H,27,28). The normalized spacial score (nSPS) is 11.0. The Morgan fingerprint density at radius 1 is 0.967 bits per heavy atom. The molecule has 0 spiro atoms. The summed E-state index contributed by atoms with van der Waals surface area (Å²) in [4.78, 5) is 16.8. The molecule has 0 aliphatic carbocycles. The third-order valence-corrected chi connectivity index (χ3v) is 4.90. The van der Waals surface area contributed by atoms with E-state index in [0.29, 0.717) is 36.8 Å². The van der Waals surface area contributed by atoms with Crippen molar-refractivity contribution in [3.8, 4) is 11.5 Å². The van der Waals surface area contributed by atoms with Crippen LogP contribution in [0, 0.1) is 0 Å². The average Bonchev–Trinajstić information content (AvgIpc) is 2.78. The van der Waals surface area contributed by atoms with Gasteiger partial charge in [-0.2, -0.15) is 0 Å². The Bertz CT molecular complexity index is 957. The van der Waals surface area contributed by atoms with Crippen molar-refractivity contribution in [3.63, 3.8) is 0 Å². The molecule has 0 aliphatic heterocycles. The molecule has 1 N–H and O–H groups in total. The molecule has 5 nitrogen and oxygen atoms in total. The Morgan fingerprint density at radius 2 is 1.70 bits per heavy atom. The van der Waals surface area contributed by atoms with Crippen LogP contribution in [0.4, 0.5) is 0 Å². The van der Waals surface area contributed by atoms with E-state index in [1.807, 2.05) is 37.3 Å². The average molecular weight is 405 g/mol. The molecule has 0 fully saturated rings. The first-order valence-electron chi connectivity index (χ1n) is 10.1. The van der Waals surface area contributed by atoms with E-state index in [1.54, 1.807) is 30.6 Å². The van der Waals surface area contributed by atoms with Gasteiger partial charge in [-0.15, -0.1) is 0 Å². The van der Waals surface area contributed by atoms with Crippen LogP contribution in [-0.4, -0.2) is 24.0 Å². The second-order valence-electron chi connectivity index (χ2n) is 7.67. The summed E-state index contributed by atoms with van der Waals surface area (Å²) >= 11 is 0. The number of rotatable bonds is 9. The third kappa shape index (κ3) is 5.60. The van der Waals surface area contributed by atoms with E-state index in [-0.39, 0.29) is 11.3 Å². The maximum Gasteiger partial charge on any atom is 0.251 e. The Morgan fingerprint density at radius 3 is 2.40 bits per heavy atom. The fourth-order valence-corrected chi connectivity index (χ4v) is 3.07. The highest BCUT2D eigenvalue weighted by molar-refractivity contribution is 5.95. The molecular weight excluding hydrogens is 376 g/mol. The third-order valence-electron chi connectivity index (χ3n) is 4.90. The second-order valence-corrected chi connectivity index (χ2v) is 7.67. The van der Waals surface area contributed by atoms with Crippen LogP contribution >= 0.6 is 0 Å². The number of amides is 1. The zero-order valence-electron chi connectivity index (χ0n) is 17.7. The summed E-state index contributed by atoms with van der Waals surface area (Å²) in [6.07, 6.45) is 3.46. The summed E-state index contributed by atoms with van der Waals surface area (Å²) in [5, 5.41) is 3.04. The van der Waals surface area contributed by atoms with Gasteiger partial charge in [0.05, 0.1) is 6.61 Å². The van der Waals surface area contributed by atoms with Gasteiger partial charge in [-0.05, 0) is 48.4 Å². The minimum absolute atomic E-state index is 0.138. The lowest BCUT2D eigenvalue weighted by atomic mass is 9.84. The molecule has 3 rings (SSSR count). The van der Waals surface area contributed by atoms with E-state index in [4.69, 9.17) is 9.47 Å². The van der Waals surface area contributed by atoms with Gasteiger partial charge in [-0.25, -0.2) is 0 Å². The fourth-order valence-electron chi connectivity index (χ4n) is 3.07. The van der Waals surface area contributed by atoms with Crippen LogP contribution in [-0.2, 0) is 12.0 Å². The Kier molecular flexibility index (Phi) is 7.07. The van der Waals surface area contributed by atoms with Gasteiger partial charge in [-0.1, -0.05) is 44.2 Å². The molecule has 0 radical (unpaired) electrons. The molecule has 0 atom stereocenters. The number of nitrogens with one attached hydrogen (secondary N) is 1. The van der Waals surface area contributed by atoms with E-state index in [0.717, 1.165) is 5.56 Å². The number of hydrogen-bond donors (Lipinski definition) is 1. The van der Waals surface area contributed by atoms with Gasteiger partial charge in [0.1, 0.15) is 6.61 Å². The summed E-state index contributed by atoms with van der Waals surface area (Å²) in [6, 6.07) is 19.2. The molecule has 0 saturated heterocycles. The van der Waals surface area contributed by atoms with E-state index >= 15 is 0 Å². The summed E-state index contributed by atoms with van der Waals surface area (Å²) in [7, 11) is 0. The van der Waals surface area contributed by atoms with Crippen molar-refractivity contribution in [2.45, 2.75) is 32.8 Å². The van der Waals surface area contributed by atoms with Crippen molar-refractivity contribution < 1.29 is 14.3 Å². The summed E-state index contributed by atoms with van der Waals surface area (Å²) < 4.78 is 11.6. The smallest absolute Gasteiger partial charge is 0.251 e. The minimum atomic E-state index is -0.173. The van der Waals surface area contributed by atoms with Crippen LogP contribution in [0.2, 0.25) is 0 Å². The van der Waals surface area contributed by atoms with Crippen LogP contribution in [0.3, 0.4) is 0 Å². The zero-order chi connectivity index (χ0) is 21.4. The molecular formula is C25H28N2O3. The Hall–Kier alpha value is -3.34. The van der Waals surface area contributed by atoms with Gasteiger partial charge in [-0.3, -0.25) is 9.78 Å². The molecule has 0 aliphatic rings. The largest absolute Gasteiger partial charge is 0.490 e. The van der Waals surface area contributed by atoms with Crippen LogP contribution in [0.25, 0.3) is 0 Å². The predicted molar refractivity (Wildman–Crippen MR) is 118 cm³/mol. The highest BCUT2D eigenvalue weighted by Gasteiger charge is 2.22. The molecule has 1 heterocycles. The number of carbonyl (C=O) groups excluding carboxylic acids is 1. The highest BCUT2D eigenvalue weighted by Crippen LogP contribution is 2.29. The van der Waals surface area contributed by atoms with Crippen molar-refractivity contribution in [1.82, 2.24) is 10.3 Å². The lowest BCUT2D eigenvalue weighted by molar-refractivity contribution is 0.0945. The van der Waals surface area contributed by atoms with E-state index in [1.165, 1.54) is 5.56 Å². The minimum Gasteiger partial charge on any atom is -0.490 e. The molecule has 0 bridgehead atoms. The molecule has 1 amide bonds. The van der Waals surface area contributed by atoms with Crippen LogP contribution < -0.4 is 14.8 Å². The predicted octanol–water partition coefficient (Wildman–Crippen LogP) is 4.77. The number of carbonyl (C=O) groups is 1. The summed E-state index contributed by atoms with van der Waals surface area (Å²) in [5.74, 6) is 1.02. The highest BCUT2D eigenvalue weighted by atomic mass is 16.5. The van der Waals surface area contributed by atoms with Crippen LogP contribution in [0.5, 0.6) is 11.5 Å². The van der Waals surface area contributed by atoms with Gasteiger partial charge in [0.25, 0.3) is 5.91 Å². The molecule has 1 aromatic heterocycles.